The van der Waals surface area contributed by atoms with Crippen molar-refractivity contribution in [1.29, 1.82) is 0 Å². The van der Waals surface area contributed by atoms with Crippen molar-refractivity contribution in [2.45, 2.75) is 26.8 Å². The molecule has 0 saturated heterocycles. The van der Waals surface area contributed by atoms with E-state index in [1.54, 1.807) is 45.0 Å². The molecular weight excluding hydrogens is 526 g/mol. The molecule has 0 aliphatic carbocycles. The number of imidazole rings is 1. The lowest BCUT2D eigenvalue weighted by atomic mass is 9.95. The molecule has 41 heavy (non-hydrogen) atoms. The number of aryl methyl sites for hydroxylation is 1. The van der Waals surface area contributed by atoms with Gasteiger partial charge in [0.15, 0.2) is 0 Å². The third-order valence-electron chi connectivity index (χ3n) is 6.87. The Morgan fingerprint density at radius 2 is 1.90 bits per heavy atom. The van der Waals surface area contributed by atoms with Crippen LogP contribution >= 0.6 is 0 Å². The number of aromatic nitrogens is 2. The minimum atomic E-state index is -0.772. The number of H-pyrrole nitrogens is 1. The highest BCUT2D eigenvalue weighted by molar-refractivity contribution is 5.91. The fourth-order valence-corrected chi connectivity index (χ4v) is 4.88. The molecular formula is C30H29N5O6. The summed E-state index contributed by atoms with van der Waals surface area (Å²) >= 11 is 0. The Kier molecular flexibility index (Phi) is 7.19. The number of anilines is 1. The van der Waals surface area contributed by atoms with Crippen molar-refractivity contribution < 1.29 is 18.9 Å². The van der Waals surface area contributed by atoms with E-state index in [1.165, 1.54) is 16.7 Å². The number of hydrogen-bond donors (Lipinski definition) is 1. The van der Waals surface area contributed by atoms with E-state index in [2.05, 4.69) is 9.98 Å². The number of allylic oxidation sites excluding steroid dienone is 1. The van der Waals surface area contributed by atoms with Gasteiger partial charge >= 0.3 is 5.97 Å². The summed E-state index contributed by atoms with van der Waals surface area (Å²) in [5, 5.41) is 11.8. The van der Waals surface area contributed by atoms with Gasteiger partial charge in [0.25, 0.3) is 11.2 Å². The lowest BCUT2D eigenvalue weighted by Crippen LogP contribution is -2.40. The smallest absolute Gasteiger partial charge is 0.338 e. The van der Waals surface area contributed by atoms with Gasteiger partial charge in [-0.15, -0.1) is 0 Å². The Morgan fingerprint density at radius 3 is 2.56 bits per heavy atom. The van der Waals surface area contributed by atoms with E-state index in [-0.39, 0.29) is 28.8 Å². The largest absolute Gasteiger partial charge is 0.463 e. The molecule has 11 nitrogen and oxygen atoms in total. The van der Waals surface area contributed by atoms with E-state index in [4.69, 9.17) is 9.15 Å². The van der Waals surface area contributed by atoms with Crippen molar-refractivity contribution in [3.8, 4) is 11.3 Å². The summed E-state index contributed by atoms with van der Waals surface area (Å²) < 4.78 is 12.7. The number of esters is 1. The summed E-state index contributed by atoms with van der Waals surface area (Å²) in [6.07, 6.45) is 1.51. The number of nitrogens with one attached hydrogen (secondary N) is 1. The van der Waals surface area contributed by atoms with Gasteiger partial charge in [-0.25, -0.2) is 9.79 Å². The first-order valence-corrected chi connectivity index (χ1v) is 13.0. The third-order valence-corrected chi connectivity index (χ3v) is 6.87. The quantitative estimate of drug-likeness (QED) is 0.209. The standard InChI is InChI=1S/C30H29N5O6/c1-6-40-29(37)26-18(3)31-30-32-23(28(36)34(30)27(26)19-8-10-20(11-9-19)33(4)5)16-21-12-14-25(41-21)22-13-7-17(2)15-24(22)35(38)39/h7-16,27H,6H2,1-5H3,(H,31,32)/b23-16-. The summed E-state index contributed by atoms with van der Waals surface area (Å²) in [6, 6.07) is 14.9. The molecule has 210 valence electrons. The highest BCUT2D eigenvalue weighted by atomic mass is 16.6. The van der Waals surface area contributed by atoms with E-state index in [0.717, 1.165) is 11.3 Å². The molecule has 0 spiro atoms. The van der Waals surface area contributed by atoms with E-state index < -0.39 is 22.5 Å². The van der Waals surface area contributed by atoms with Crippen LogP contribution in [0.2, 0.25) is 0 Å². The van der Waals surface area contributed by atoms with Crippen LogP contribution in [0.4, 0.5) is 11.4 Å². The average Bonchev–Trinajstić information content (AvgIpc) is 3.52. The molecule has 1 unspecified atom stereocenters. The number of ether oxygens (including phenoxy) is 1. The van der Waals surface area contributed by atoms with Crippen molar-refractivity contribution in [3.63, 3.8) is 0 Å². The molecule has 0 bridgehead atoms. The molecule has 1 aliphatic heterocycles. The van der Waals surface area contributed by atoms with Gasteiger partial charge in [0.05, 0.1) is 34.4 Å². The monoisotopic (exact) mass is 555 g/mol. The van der Waals surface area contributed by atoms with E-state index >= 15 is 0 Å². The Hall–Kier alpha value is -5.19. The van der Waals surface area contributed by atoms with Crippen molar-refractivity contribution in [2.24, 2.45) is 4.99 Å². The second-order valence-electron chi connectivity index (χ2n) is 9.88. The summed E-state index contributed by atoms with van der Waals surface area (Å²) in [7, 11) is 3.85. The molecule has 11 heteroatoms. The van der Waals surface area contributed by atoms with Crippen molar-refractivity contribution in [3.05, 3.63) is 114 Å². The minimum Gasteiger partial charge on any atom is -0.463 e. The van der Waals surface area contributed by atoms with Crippen molar-refractivity contribution in [1.82, 2.24) is 9.55 Å². The first kappa shape index (κ1) is 27.4. The highest BCUT2D eigenvalue weighted by Gasteiger charge is 2.33. The Labute approximate surface area is 234 Å². The molecule has 1 aliphatic rings. The van der Waals surface area contributed by atoms with Crippen LogP contribution in [-0.2, 0) is 9.53 Å². The lowest BCUT2D eigenvalue weighted by molar-refractivity contribution is -0.384. The topological polar surface area (TPSA) is 136 Å². The van der Waals surface area contributed by atoms with Crippen LogP contribution in [0, 0.1) is 17.0 Å². The zero-order chi connectivity index (χ0) is 29.4. The molecule has 0 radical (unpaired) electrons. The molecule has 0 fully saturated rings. The van der Waals surface area contributed by atoms with Gasteiger partial charge in [0.1, 0.15) is 16.9 Å². The van der Waals surface area contributed by atoms with Crippen LogP contribution in [0.25, 0.3) is 17.4 Å². The molecule has 0 amide bonds. The molecule has 0 saturated carbocycles. The van der Waals surface area contributed by atoms with E-state index in [1.807, 2.05) is 43.3 Å². The number of nitro groups is 1. The van der Waals surface area contributed by atoms with Crippen LogP contribution in [0.5, 0.6) is 0 Å². The number of aromatic amines is 1. The normalized spacial score (nSPS) is 15.0. The van der Waals surface area contributed by atoms with Crippen molar-refractivity contribution >= 4 is 23.4 Å². The zero-order valence-electron chi connectivity index (χ0n) is 23.3. The molecule has 5 rings (SSSR count). The Morgan fingerprint density at radius 1 is 1.17 bits per heavy atom. The Balaban J connectivity index is 1.63. The van der Waals surface area contributed by atoms with Crippen LogP contribution in [-0.4, -0.2) is 41.1 Å². The zero-order valence-corrected chi connectivity index (χ0v) is 23.3. The van der Waals surface area contributed by atoms with Gasteiger partial charge in [-0.3, -0.25) is 19.5 Å². The van der Waals surface area contributed by atoms with Gasteiger partial charge in [-0.05, 0) is 62.2 Å². The molecule has 1 atom stereocenters. The number of rotatable bonds is 7. The molecule has 4 aromatic rings. The highest BCUT2D eigenvalue weighted by Crippen LogP contribution is 2.33. The molecule has 1 N–H and O–H groups in total. The van der Waals surface area contributed by atoms with Crippen LogP contribution in [0.3, 0.4) is 0 Å². The second kappa shape index (κ2) is 10.8. The average molecular weight is 556 g/mol. The number of carbonyl (C=O) groups is 1. The maximum Gasteiger partial charge on any atom is 0.338 e. The maximum absolute atomic E-state index is 13.8. The number of furan rings is 1. The van der Waals surface area contributed by atoms with Gasteiger partial charge in [0, 0.05) is 31.9 Å². The second-order valence-corrected chi connectivity index (χ2v) is 9.88. The fourth-order valence-electron chi connectivity index (χ4n) is 4.88. The van der Waals surface area contributed by atoms with Crippen molar-refractivity contribution in [2.75, 3.05) is 25.6 Å². The number of nitrogens with zero attached hydrogens (tertiary/aromatic N) is 4. The third kappa shape index (κ3) is 5.09. The maximum atomic E-state index is 13.8. The van der Waals surface area contributed by atoms with Gasteiger partial charge in [0.2, 0.25) is 5.62 Å². The number of benzene rings is 2. The summed E-state index contributed by atoms with van der Waals surface area (Å²) in [5.41, 5.74) is 3.26. The van der Waals surface area contributed by atoms with Gasteiger partial charge < -0.3 is 19.0 Å². The number of fused-ring (bicyclic) bond motifs is 1. The summed E-state index contributed by atoms with van der Waals surface area (Å²) in [4.78, 5) is 47.5. The Bertz CT molecular complexity index is 1870. The molecule has 3 heterocycles. The molecule has 2 aromatic carbocycles. The van der Waals surface area contributed by atoms with Crippen LogP contribution < -0.4 is 21.4 Å². The minimum absolute atomic E-state index is 0.0729. The number of carbonyl (C=O) groups excluding carboxylic acids is 1. The van der Waals surface area contributed by atoms with Crippen LogP contribution in [0.15, 0.2) is 80.1 Å². The first-order chi connectivity index (χ1) is 19.6. The van der Waals surface area contributed by atoms with Gasteiger partial charge in [-0.2, -0.15) is 0 Å². The predicted octanol–water partition coefficient (Wildman–Crippen LogP) is 3.61. The summed E-state index contributed by atoms with van der Waals surface area (Å²) in [5.74, 6) is 0.0634. The predicted molar refractivity (Wildman–Crippen MR) is 153 cm³/mol. The number of nitro benzene ring substituents is 1. The fraction of sp³-hybridized carbons (Fsp3) is 0.233. The first-order valence-electron chi connectivity index (χ1n) is 13.0. The van der Waals surface area contributed by atoms with Crippen LogP contribution in [0.1, 0.15) is 36.8 Å². The molecule has 2 aromatic heterocycles. The van der Waals surface area contributed by atoms with E-state index in [0.29, 0.717) is 28.3 Å². The SMILES string of the molecule is CCOC(=O)C1=C(C)N=c2[nH]/c(=C\c3ccc(-c4ccc(C)cc4[N+](=O)[O-])o3)c(=O)n2C1c1ccc(N(C)C)cc1. The number of hydrogen-bond acceptors (Lipinski definition) is 8. The van der Waals surface area contributed by atoms with Gasteiger partial charge in [-0.1, -0.05) is 18.2 Å². The lowest BCUT2D eigenvalue weighted by Gasteiger charge is -2.25. The van der Waals surface area contributed by atoms with E-state index in [9.17, 15) is 19.7 Å². The summed E-state index contributed by atoms with van der Waals surface area (Å²) in [6.45, 7) is 5.38.